The molecule has 0 fully saturated rings. The topological polar surface area (TPSA) is 20.2 Å². The highest BCUT2D eigenvalue weighted by molar-refractivity contribution is 7.99. The van der Waals surface area contributed by atoms with Crippen LogP contribution in [-0.4, -0.2) is 10.9 Å². The number of phenolic OH excluding ortho intramolecular Hbond substituents is 1. The molecule has 0 saturated carbocycles. The molecule has 0 aromatic heterocycles. The number of hydrogen-bond acceptors (Lipinski definition) is 2. The van der Waals surface area contributed by atoms with E-state index < -0.39 is 0 Å². The summed E-state index contributed by atoms with van der Waals surface area (Å²) in [7, 11) is 0. The SMILES string of the molecule is CC(C)CC(C)(C)CSc1c(Cl)c(Cl)c(O)c(Cl)c1Cl. The predicted molar refractivity (Wildman–Crippen MR) is 92.1 cm³/mol. The molecule has 0 bridgehead atoms. The van der Waals surface area contributed by atoms with Crippen LogP contribution in [0.5, 0.6) is 5.75 Å². The first-order chi connectivity index (χ1) is 9.07. The largest absolute Gasteiger partial charge is 0.505 e. The summed E-state index contributed by atoms with van der Waals surface area (Å²) in [5.41, 5.74) is 0.141. The Morgan fingerprint density at radius 1 is 1.00 bits per heavy atom. The Morgan fingerprint density at radius 3 is 1.85 bits per heavy atom. The van der Waals surface area contributed by atoms with Gasteiger partial charge in [-0.3, -0.25) is 0 Å². The second-order valence-corrected chi connectivity index (χ2v) is 8.48. The molecule has 1 rings (SSSR count). The van der Waals surface area contributed by atoms with E-state index in [1.54, 1.807) is 0 Å². The van der Waals surface area contributed by atoms with E-state index in [0.717, 1.165) is 12.2 Å². The fraction of sp³-hybridized carbons (Fsp3) is 0.571. The molecule has 1 nitrogen and oxygen atoms in total. The normalized spacial score (nSPS) is 12.2. The third-order valence-electron chi connectivity index (χ3n) is 2.77. The van der Waals surface area contributed by atoms with Gasteiger partial charge in [0.1, 0.15) is 10.0 Å². The molecule has 0 aliphatic rings. The molecule has 0 radical (unpaired) electrons. The van der Waals surface area contributed by atoms with Gasteiger partial charge in [-0.05, 0) is 17.8 Å². The molecule has 0 spiro atoms. The van der Waals surface area contributed by atoms with Crippen molar-refractivity contribution in [1.29, 1.82) is 0 Å². The lowest BCUT2D eigenvalue weighted by Gasteiger charge is -2.26. The molecule has 0 unspecified atom stereocenters. The third kappa shape index (κ3) is 4.51. The summed E-state index contributed by atoms with van der Waals surface area (Å²) in [5.74, 6) is 1.18. The van der Waals surface area contributed by atoms with Gasteiger partial charge in [-0.25, -0.2) is 0 Å². The Kier molecular flexibility index (Phi) is 6.68. The molecular formula is C14H18Cl4OS. The molecule has 20 heavy (non-hydrogen) atoms. The molecule has 1 N–H and O–H groups in total. The Balaban J connectivity index is 3.00. The van der Waals surface area contributed by atoms with Crippen LogP contribution in [0.1, 0.15) is 34.1 Å². The molecule has 0 aliphatic carbocycles. The van der Waals surface area contributed by atoms with Crippen molar-refractivity contribution in [3.63, 3.8) is 0 Å². The standard InChI is InChI=1S/C14H18Cl4OS/c1-7(2)5-14(3,4)6-20-13-10(17)8(15)12(19)9(16)11(13)18/h7,19H,5-6H2,1-4H3. The summed E-state index contributed by atoms with van der Waals surface area (Å²) < 4.78 is 0. The Hall–Kier alpha value is 0.530. The van der Waals surface area contributed by atoms with Crippen LogP contribution in [0, 0.1) is 11.3 Å². The fourth-order valence-corrected chi connectivity index (χ4v) is 4.55. The molecule has 0 atom stereocenters. The van der Waals surface area contributed by atoms with E-state index in [1.807, 2.05) is 0 Å². The predicted octanol–water partition coefficient (Wildman–Crippen LogP) is 7.17. The zero-order chi connectivity index (χ0) is 15.7. The molecule has 0 aliphatic heterocycles. The van der Waals surface area contributed by atoms with Gasteiger partial charge in [0.15, 0.2) is 5.75 Å². The maximum Gasteiger partial charge on any atom is 0.155 e. The average molecular weight is 376 g/mol. The van der Waals surface area contributed by atoms with Gasteiger partial charge in [-0.1, -0.05) is 74.1 Å². The monoisotopic (exact) mass is 374 g/mol. The minimum Gasteiger partial charge on any atom is -0.505 e. The minimum atomic E-state index is -0.269. The molecule has 1 aromatic carbocycles. The summed E-state index contributed by atoms with van der Waals surface area (Å²) in [6, 6.07) is 0. The molecular weight excluding hydrogens is 358 g/mol. The minimum absolute atomic E-state index is 0.0465. The molecule has 1 aromatic rings. The van der Waals surface area contributed by atoms with Crippen LogP contribution in [0.25, 0.3) is 0 Å². The lowest BCUT2D eigenvalue weighted by Crippen LogP contribution is -2.17. The van der Waals surface area contributed by atoms with E-state index in [4.69, 9.17) is 46.4 Å². The van der Waals surface area contributed by atoms with E-state index in [2.05, 4.69) is 27.7 Å². The summed E-state index contributed by atoms with van der Waals surface area (Å²) in [6.45, 7) is 8.79. The van der Waals surface area contributed by atoms with Crippen LogP contribution in [0.2, 0.25) is 20.1 Å². The number of phenols is 1. The number of benzene rings is 1. The van der Waals surface area contributed by atoms with Gasteiger partial charge in [0.05, 0.1) is 10.0 Å². The highest BCUT2D eigenvalue weighted by atomic mass is 35.5. The van der Waals surface area contributed by atoms with Crippen molar-refractivity contribution in [2.24, 2.45) is 11.3 Å². The van der Waals surface area contributed by atoms with Gasteiger partial charge >= 0.3 is 0 Å². The molecule has 0 saturated heterocycles. The van der Waals surface area contributed by atoms with Crippen molar-refractivity contribution in [2.45, 2.75) is 39.0 Å². The molecule has 6 heteroatoms. The van der Waals surface area contributed by atoms with Crippen LogP contribution in [0.4, 0.5) is 0 Å². The van der Waals surface area contributed by atoms with Gasteiger partial charge in [-0.2, -0.15) is 0 Å². The smallest absolute Gasteiger partial charge is 0.155 e. The van der Waals surface area contributed by atoms with Crippen molar-refractivity contribution < 1.29 is 5.11 Å². The molecule has 114 valence electrons. The van der Waals surface area contributed by atoms with Crippen molar-refractivity contribution >= 4 is 58.2 Å². The number of aromatic hydroxyl groups is 1. The van der Waals surface area contributed by atoms with Crippen LogP contribution in [0.3, 0.4) is 0 Å². The first kappa shape index (κ1) is 18.6. The Labute approximate surface area is 144 Å². The fourth-order valence-electron chi connectivity index (χ4n) is 2.16. The van der Waals surface area contributed by atoms with Gasteiger partial charge in [0.25, 0.3) is 0 Å². The molecule has 0 amide bonds. The second-order valence-electron chi connectivity index (χ2n) is 5.98. The van der Waals surface area contributed by atoms with Crippen LogP contribution in [0.15, 0.2) is 4.90 Å². The summed E-state index contributed by atoms with van der Waals surface area (Å²) in [6.07, 6.45) is 1.09. The van der Waals surface area contributed by atoms with Crippen LogP contribution in [-0.2, 0) is 0 Å². The first-order valence-electron chi connectivity index (χ1n) is 6.24. The third-order valence-corrected chi connectivity index (χ3v) is 6.30. The Bertz CT molecular complexity index is 471. The first-order valence-corrected chi connectivity index (χ1v) is 8.74. The van der Waals surface area contributed by atoms with Crippen molar-refractivity contribution in [1.82, 2.24) is 0 Å². The van der Waals surface area contributed by atoms with E-state index in [0.29, 0.717) is 10.8 Å². The van der Waals surface area contributed by atoms with E-state index in [-0.39, 0.29) is 31.3 Å². The zero-order valence-corrected chi connectivity index (χ0v) is 15.7. The van der Waals surface area contributed by atoms with Gasteiger partial charge in [-0.15, -0.1) is 11.8 Å². The van der Waals surface area contributed by atoms with E-state index in [9.17, 15) is 5.11 Å². The highest BCUT2D eigenvalue weighted by Gasteiger charge is 2.24. The van der Waals surface area contributed by atoms with Gasteiger partial charge in [0, 0.05) is 10.6 Å². The van der Waals surface area contributed by atoms with Crippen molar-refractivity contribution in [2.75, 3.05) is 5.75 Å². The summed E-state index contributed by atoms with van der Waals surface area (Å²) in [4.78, 5) is 0.623. The van der Waals surface area contributed by atoms with Gasteiger partial charge in [0.2, 0.25) is 0 Å². The summed E-state index contributed by atoms with van der Waals surface area (Å²) in [5, 5.41) is 10.3. The van der Waals surface area contributed by atoms with Crippen molar-refractivity contribution in [3.05, 3.63) is 20.1 Å². The maximum atomic E-state index is 9.70. The van der Waals surface area contributed by atoms with Crippen LogP contribution >= 0.6 is 58.2 Å². The van der Waals surface area contributed by atoms with Gasteiger partial charge < -0.3 is 5.11 Å². The highest BCUT2D eigenvalue weighted by Crippen LogP contribution is 2.50. The number of hydrogen-bond donors (Lipinski definition) is 1. The number of thioether (sulfide) groups is 1. The zero-order valence-electron chi connectivity index (χ0n) is 11.9. The lowest BCUT2D eigenvalue weighted by atomic mass is 9.86. The Morgan fingerprint density at radius 2 is 1.45 bits per heavy atom. The number of halogens is 4. The van der Waals surface area contributed by atoms with Crippen molar-refractivity contribution in [3.8, 4) is 5.75 Å². The van der Waals surface area contributed by atoms with Crippen LogP contribution < -0.4 is 0 Å². The van der Waals surface area contributed by atoms with E-state index >= 15 is 0 Å². The average Bonchev–Trinajstić information content (AvgIpc) is 2.32. The lowest BCUT2D eigenvalue weighted by molar-refractivity contribution is 0.328. The summed E-state index contributed by atoms with van der Waals surface area (Å²) >= 11 is 25.7. The second kappa shape index (κ2) is 7.19. The maximum absolute atomic E-state index is 9.70. The molecule has 0 heterocycles. The van der Waals surface area contributed by atoms with E-state index in [1.165, 1.54) is 11.8 Å². The quantitative estimate of drug-likeness (QED) is 0.434. The number of rotatable bonds is 5.